The molecule has 2 aromatic heterocycles. The quantitative estimate of drug-likeness (QED) is 0.135. The molecule has 7 N–H and O–H groups in total. The number of hydrogen-bond acceptors (Lipinski definition) is 5. The number of halogens is 3. The fraction of sp³-hybridized carbons (Fsp3) is 0.273. The zero-order valence-corrected chi connectivity index (χ0v) is 25.7. The fourth-order valence-electron chi connectivity index (χ4n) is 5.16. The van der Waals surface area contributed by atoms with E-state index in [9.17, 15) is 22.8 Å². The number of H-pyrrole nitrogens is 3. The molecule has 248 valence electrons. The van der Waals surface area contributed by atoms with Crippen LogP contribution in [0.25, 0.3) is 32.9 Å². The number of urea groups is 1. The third-order valence-corrected chi connectivity index (χ3v) is 7.50. The topological polar surface area (TPSA) is 179 Å². The molecule has 0 aliphatic carbocycles. The second kappa shape index (κ2) is 15.2. The van der Waals surface area contributed by atoms with Crippen molar-refractivity contribution in [2.24, 2.45) is 5.73 Å². The van der Waals surface area contributed by atoms with Crippen LogP contribution in [0, 0.1) is 6.92 Å². The number of imidazole rings is 1. The Kier molecular flexibility index (Phi) is 11.1. The van der Waals surface area contributed by atoms with Crippen LogP contribution in [0.3, 0.4) is 0 Å². The lowest BCUT2D eigenvalue weighted by Crippen LogP contribution is -2.37. The number of carbonyl (C=O) groups is 3. The van der Waals surface area contributed by atoms with E-state index in [1.165, 1.54) is 5.39 Å². The van der Waals surface area contributed by atoms with Gasteiger partial charge in [-0.3, -0.25) is 4.79 Å². The molecule has 0 aliphatic rings. The number of primary amides is 1. The number of amides is 3. The number of ether oxygens (including phenoxy) is 1. The van der Waals surface area contributed by atoms with Gasteiger partial charge in [-0.2, -0.15) is 13.2 Å². The lowest BCUT2D eigenvalue weighted by molar-refractivity contribution is -0.391. The first-order valence-corrected chi connectivity index (χ1v) is 14.7. The molecule has 47 heavy (non-hydrogen) atoms. The molecule has 0 unspecified atom stereocenters. The van der Waals surface area contributed by atoms with Crippen LogP contribution in [0.2, 0.25) is 0 Å². The van der Waals surface area contributed by atoms with E-state index < -0.39 is 18.2 Å². The highest BCUT2D eigenvalue weighted by molar-refractivity contribution is 5.91. The number of carbonyl (C=O) groups excluding carboxylic acids is 3. The van der Waals surface area contributed by atoms with Crippen LogP contribution >= 0.6 is 0 Å². The number of nitrogens with two attached hydrogens (primary N) is 1. The van der Waals surface area contributed by atoms with Gasteiger partial charge in [-0.05, 0) is 72.9 Å². The Bertz CT molecular complexity index is 1870. The van der Waals surface area contributed by atoms with Crippen molar-refractivity contribution >= 4 is 39.6 Å². The largest absolute Gasteiger partial charge is 0.542 e. The van der Waals surface area contributed by atoms with Crippen LogP contribution in [0.15, 0.2) is 66.9 Å². The van der Waals surface area contributed by atoms with Crippen molar-refractivity contribution in [1.29, 1.82) is 0 Å². The highest BCUT2D eigenvalue weighted by Gasteiger charge is 2.29. The number of aryl methyl sites for hydroxylation is 1. The molecule has 3 amide bonds. The predicted molar refractivity (Wildman–Crippen MR) is 167 cm³/mol. The van der Waals surface area contributed by atoms with Crippen molar-refractivity contribution in [1.82, 2.24) is 20.6 Å². The Labute approximate surface area is 267 Å². The molecule has 0 spiro atoms. The number of hydrogen-bond donors (Lipinski definition) is 5. The van der Waals surface area contributed by atoms with E-state index in [2.05, 4.69) is 55.9 Å². The minimum absolute atomic E-state index is 0.0812. The van der Waals surface area contributed by atoms with Crippen molar-refractivity contribution < 1.29 is 42.4 Å². The smallest absolute Gasteiger partial charge is 0.430 e. The molecular weight excluding hydrogens is 617 g/mol. The molecule has 0 bridgehead atoms. The van der Waals surface area contributed by atoms with Crippen molar-refractivity contribution in [2.75, 3.05) is 13.7 Å². The third kappa shape index (κ3) is 9.25. The van der Waals surface area contributed by atoms with E-state index in [1.807, 2.05) is 43.5 Å². The van der Waals surface area contributed by atoms with Gasteiger partial charge in [0.05, 0.1) is 13.5 Å². The number of nitrogens with one attached hydrogen (secondary N) is 5. The number of aliphatic carboxylic acids is 1. The average Bonchev–Trinajstić information content (AvgIpc) is 3.64. The molecule has 5 aromatic rings. The van der Waals surface area contributed by atoms with Crippen LogP contribution in [-0.4, -0.2) is 47.7 Å². The maximum absolute atomic E-state index is 13.4. The monoisotopic (exact) mass is 652 g/mol. The minimum Gasteiger partial charge on any atom is -0.542 e. The highest BCUT2D eigenvalue weighted by Crippen LogP contribution is 2.28. The summed E-state index contributed by atoms with van der Waals surface area (Å²) in [6.07, 6.45) is -0.817. The van der Waals surface area contributed by atoms with Crippen LogP contribution in [-0.2, 0) is 16.0 Å². The van der Waals surface area contributed by atoms with Gasteiger partial charge in [-0.15, -0.1) is 0 Å². The van der Waals surface area contributed by atoms with E-state index in [0.29, 0.717) is 13.0 Å². The summed E-state index contributed by atoms with van der Waals surface area (Å²) < 4.78 is 36.9. The molecule has 2 heterocycles. The van der Waals surface area contributed by atoms with Crippen molar-refractivity contribution in [2.45, 2.75) is 44.8 Å². The lowest BCUT2D eigenvalue weighted by atomic mass is 10.0. The Morgan fingerprint density at radius 1 is 1.02 bits per heavy atom. The van der Waals surface area contributed by atoms with Gasteiger partial charge < -0.3 is 36.0 Å². The number of carboxylic acid groups (broad SMARTS) is 1. The lowest BCUT2D eigenvalue weighted by Gasteiger charge is -2.14. The van der Waals surface area contributed by atoms with Gasteiger partial charge >= 0.3 is 12.2 Å². The number of carboxylic acids is 1. The summed E-state index contributed by atoms with van der Waals surface area (Å²) in [4.78, 5) is 43.4. The number of unbranched alkanes of at least 4 members (excludes halogenated alkanes) is 1. The second-order valence-electron chi connectivity index (χ2n) is 10.8. The van der Waals surface area contributed by atoms with Crippen molar-refractivity contribution in [3.05, 3.63) is 83.9 Å². The standard InChI is InChI=1S/C31H34N6O3.C2HF3O2/c1-19-24(25-16-23(40-2)12-13-26(25)35-19)17-29(38)36-27(9-5-6-14-33-31(32)39)30-34-18-28(37-30)22-11-10-20-7-3-4-8-21(20)15-22;3-2(4,5)1(6)7/h3-4,7-8,10-13,15-16,18,27,35H,5-6,9,14,17H2,1-2H3,(H,34,37)(H,36,38)(H3,32,33,39);(H,6,7)/t27-;/m0./s1. The van der Waals surface area contributed by atoms with Crippen LogP contribution in [0.1, 0.15) is 42.4 Å². The Hall–Kier alpha value is -5.53. The molecule has 0 radical (unpaired) electrons. The first-order chi connectivity index (χ1) is 22.3. The number of benzene rings is 3. The molecule has 0 fully saturated rings. The molecule has 14 heteroatoms. The first-order valence-electron chi connectivity index (χ1n) is 14.7. The number of methoxy groups -OCH3 is 1. The van der Waals surface area contributed by atoms with Crippen LogP contribution in [0.4, 0.5) is 18.0 Å². The van der Waals surface area contributed by atoms with Gasteiger partial charge in [0.25, 0.3) is 5.82 Å². The SMILES string of the molecule is COc1ccc2[nH]c(C)c(CC(=O)N[C@@H](CCCCNC(N)=O)c3[nH]c(-c4ccc5ccccc5c4)c[nH+]3)c2c1.O=C([O-])C(F)(F)F. The number of aromatic amines is 3. The summed E-state index contributed by atoms with van der Waals surface area (Å²) in [7, 11) is 1.63. The van der Waals surface area contributed by atoms with Gasteiger partial charge in [0, 0.05) is 28.7 Å². The van der Waals surface area contributed by atoms with Gasteiger partial charge in [0.1, 0.15) is 24.0 Å². The van der Waals surface area contributed by atoms with Crippen LogP contribution in [0.5, 0.6) is 5.75 Å². The number of alkyl halides is 3. The van der Waals surface area contributed by atoms with Crippen molar-refractivity contribution in [3.63, 3.8) is 0 Å². The van der Waals surface area contributed by atoms with Gasteiger partial charge in [-0.1, -0.05) is 30.3 Å². The Balaban J connectivity index is 0.000000644. The summed E-state index contributed by atoms with van der Waals surface area (Å²) in [6.45, 7) is 2.47. The zero-order chi connectivity index (χ0) is 34.1. The summed E-state index contributed by atoms with van der Waals surface area (Å²) in [5.41, 5.74) is 10.1. The molecule has 0 aliphatic heterocycles. The third-order valence-electron chi connectivity index (χ3n) is 7.50. The summed E-state index contributed by atoms with van der Waals surface area (Å²) in [5, 5.41) is 18.0. The number of aromatic nitrogens is 3. The normalized spacial score (nSPS) is 11.9. The van der Waals surface area contributed by atoms with E-state index in [4.69, 9.17) is 20.4 Å². The fourth-order valence-corrected chi connectivity index (χ4v) is 5.16. The van der Waals surface area contributed by atoms with Crippen molar-refractivity contribution in [3.8, 4) is 17.0 Å². The molecule has 5 rings (SSSR count). The number of rotatable bonds is 11. The van der Waals surface area contributed by atoms with E-state index in [0.717, 1.165) is 63.2 Å². The number of fused-ring (bicyclic) bond motifs is 2. The molecule has 0 saturated heterocycles. The highest BCUT2D eigenvalue weighted by atomic mass is 19.4. The Morgan fingerprint density at radius 2 is 1.74 bits per heavy atom. The Morgan fingerprint density at radius 3 is 2.43 bits per heavy atom. The zero-order valence-electron chi connectivity index (χ0n) is 25.7. The molecule has 3 aromatic carbocycles. The van der Waals surface area contributed by atoms with E-state index in [1.54, 1.807) is 7.11 Å². The summed E-state index contributed by atoms with van der Waals surface area (Å²) in [5.74, 6) is -1.52. The molecule has 0 saturated carbocycles. The van der Waals surface area contributed by atoms with E-state index >= 15 is 0 Å². The summed E-state index contributed by atoms with van der Waals surface area (Å²) >= 11 is 0. The van der Waals surface area contributed by atoms with Gasteiger partial charge in [0.15, 0.2) is 5.69 Å². The second-order valence-corrected chi connectivity index (χ2v) is 10.8. The van der Waals surface area contributed by atoms with E-state index in [-0.39, 0.29) is 18.4 Å². The maximum atomic E-state index is 13.4. The maximum Gasteiger partial charge on any atom is 0.430 e. The summed E-state index contributed by atoms with van der Waals surface area (Å²) in [6, 6.07) is 19.6. The molecular formula is C33H35F3N6O5. The predicted octanol–water partition coefficient (Wildman–Crippen LogP) is 3.98. The molecule has 1 atom stereocenters. The van der Waals surface area contributed by atoms with Gasteiger partial charge in [-0.25, -0.2) is 14.8 Å². The molecule has 11 nitrogen and oxygen atoms in total. The van der Waals surface area contributed by atoms with Gasteiger partial charge in [0.2, 0.25) is 5.91 Å². The minimum atomic E-state index is -5.19. The first kappa shape index (κ1) is 34.3. The van der Waals surface area contributed by atoms with Crippen LogP contribution < -0.4 is 31.2 Å². The average molecular weight is 653 g/mol.